The lowest BCUT2D eigenvalue weighted by atomic mass is 9.77. The van der Waals surface area contributed by atoms with E-state index in [4.69, 9.17) is 4.74 Å². The second-order valence-electron chi connectivity index (χ2n) is 5.52. The van der Waals surface area contributed by atoms with Gasteiger partial charge in [0.25, 0.3) is 0 Å². The molecule has 5 nitrogen and oxygen atoms in total. The van der Waals surface area contributed by atoms with E-state index in [9.17, 15) is 10.0 Å². The summed E-state index contributed by atoms with van der Waals surface area (Å²) >= 11 is 0. The van der Waals surface area contributed by atoms with Gasteiger partial charge >= 0.3 is 7.12 Å². The fraction of sp³-hybridized carbons (Fsp3) is 0.600. The van der Waals surface area contributed by atoms with Crippen molar-refractivity contribution >= 4 is 12.6 Å². The summed E-state index contributed by atoms with van der Waals surface area (Å²) in [5.41, 5.74) is 1.44. The van der Waals surface area contributed by atoms with Gasteiger partial charge in [0.15, 0.2) is 0 Å². The summed E-state index contributed by atoms with van der Waals surface area (Å²) in [5.74, 6) is 0.735. The van der Waals surface area contributed by atoms with Crippen molar-refractivity contribution in [1.29, 1.82) is 0 Å². The van der Waals surface area contributed by atoms with Crippen molar-refractivity contribution in [3.8, 4) is 5.75 Å². The first kappa shape index (κ1) is 18.0. The second-order valence-corrected chi connectivity index (χ2v) is 5.52. The summed E-state index contributed by atoms with van der Waals surface area (Å²) in [5, 5.41) is 19.0. The fourth-order valence-corrected chi connectivity index (χ4v) is 2.27. The smallest absolute Gasteiger partial charge is 0.488 e. The number of likely N-dealkylation sites (N-methyl/N-ethyl adjacent to an activating group) is 1. The molecule has 1 aromatic rings. The third kappa shape index (κ3) is 6.05. The van der Waals surface area contributed by atoms with Crippen LogP contribution in [0.25, 0.3) is 0 Å². The lowest BCUT2D eigenvalue weighted by Crippen LogP contribution is -2.38. The van der Waals surface area contributed by atoms with Gasteiger partial charge in [-0.25, -0.2) is 0 Å². The molecule has 1 rings (SSSR count). The molecule has 0 saturated carbocycles. The molecule has 0 bridgehead atoms. The summed E-state index contributed by atoms with van der Waals surface area (Å²) in [6, 6.07) is 5.35. The van der Waals surface area contributed by atoms with Crippen LogP contribution >= 0.6 is 0 Å². The first-order valence-electron chi connectivity index (χ1n) is 7.38. The molecule has 0 amide bonds. The molecule has 0 fully saturated rings. The number of ether oxygens (including phenoxy) is 1. The molecule has 0 atom stereocenters. The van der Waals surface area contributed by atoms with Crippen molar-refractivity contribution in [3.05, 3.63) is 23.8 Å². The van der Waals surface area contributed by atoms with Gasteiger partial charge in [0, 0.05) is 19.6 Å². The number of hydrogen-bond donors (Lipinski definition) is 2. The number of methoxy groups -OCH3 is 1. The van der Waals surface area contributed by atoms with Gasteiger partial charge in [-0.15, -0.1) is 0 Å². The Labute approximate surface area is 128 Å². The maximum atomic E-state index is 9.52. The molecule has 0 unspecified atom stereocenters. The van der Waals surface area contributed by atoms with E-state index >= 15 is 0 Å². The van der Waals surface area contributed by atoms with Crippen molar-refractivity contribution in [3.63, 3.8) is 0 Å². The fourth-order valence-electron chi connectivity index (χ4n) is 2.27. The van der Waals surface area contributed by atoms with Gasteiger partial charge in [0.1, 0.15) is 5.75 Å². The molecule has 118 valence electrons. The van der Waals surface area contributed by atoms with Gasteiger partial charge in [-0.3, -0.25) is 4.90 Å². The summed E-state index contributed by atoms with van der Waals surface area (Å²) in [6.45, 7) is 5.73. The quantitative estimate of drug-likeness (QED) is 0.635. The Balaban J connectivity index is 2.89. The summed E-state index contributed by atoms with van der Waals surface area (Å²) < 4.78 is 5.24. The molecule has 0 radical (unpaired) electrons. The average Bonchev–Trinajstić information content (AvgIpc) is 2.44. The molecule has 0 aromatic heterocycles. The van der Waals surface area contributed by atoms with E-state index in [2.05, 4.69) is 30.8 Å². The topological polar surface area (TPSA) is 56.2 Å². The van der Waals surface area contributed by atoms with Crippen LogP contribution in [0.1, 0.15) is 18.9 Å². The summed E-state index contributed by atoms with van der Waals surface area (Å²) in [7, 11) is 4.27. The molecule has 0 aliphatic rings. The van der Waals surface area contributed by atoms with E-state index in [1.807, 2.05) is 6.07 Å². The lowest BCUT2D eigenvalue weighted by Gasteiger charge is -2.25. The Morgan fingerprint density at radius 1 is 1.14 bits per heavy atom. The number of rotatable bonds is 9. The van der Waals surface area contributed by atoms with Crippen LogP contribution < -0.4 is 10.2 Å². The zero-order valence-corrected chi connectivity index (χ0v) is 13.5. The van der Waals surface area contributed by atoms with Crippen LogP contribution in [0.2, 0.25) is 0 Å². The van der Waals surface area contributed by atoms with E-state index in [0.717, 1.165) is 37.4 Å². The minimum absolute atomic E-state index is 0.543. The van der Waals surface area contributed by atoms with E-state index < -0.39 is 7.12 Å². The first-order chi connectivity index (χ1) is 9.97. The zero-order chi connectivity index (χ0) is 15.8. The highest BCUT2D eigenvalue weighted by Gasteiger charge is 2.18. The van der Waals surface area contributed by atoms with Crippen LogP contribution in [0, 0.1) is 0 Å². The van der Waals surface area contributed by atoms with Crippen molar-refractivity contribution in [2.75, 3.05) is 40.8 Å². The van der Waals surface area contributed by atoms with Gasteiger partial charge in [0.05, 0.1) is 7.11 Å². The standard InChI is InChI=1S/C15H27BN2O3/c1-5-8-18(10-9-17(2)3)12-13-11-14(21-4)6-7-15(13)16(19)20/h6-7,11,19-20H,5,8-10,12H2,1-4H3. The molecule has 0 aliphatic heterocycles. The molecular weight excluding hydrogens is 267 g/mol. The van der Waals surface area contributed by atoms with Crippen LogP contribution in [-0.2, 0) is 6.54 Å². The molecule has 21 heavy (non-hydrogen) atoms. The molecule has 0 saturated heterocycles. The second kappa shape index (κ2) is 9.05. The molecular formula is C15H27BN2O3. The highest BCUT2D eigenvalue weighted by atomic mass is 16.5. The normalized spacial score (nSPS) is 11.2. The largest absolute Gasteiger partial charge is 0.497 e. The summed E-state index contributed by atoms with van der Waals surface area (Å²) in [6.07, 6.45) is 1.06. The Morgan fingerprint density at radius 2 is 1.86 bits per heavy atom. The predicted octanol–water partition coefficient (Wildman–Crippen LogP) is 0.149. The molecule has 1 aromatic carbocycles. The van der Waals surface area contributed by atoms with Crippen molar-refractivity contribution in [2.24, 2.45) is 0 Å². The highest BCUT2D eigenvalue weighted by Crippen LogP contribution is 2.13. The van der Waals surface area contributed by atoms with Crippen LogP contribution in [0.4, 0.5) is 0 Å². The molecule has 2 N–H and O–H groups in total. The van der Waals surface area contributed by atoms with Crippen LogP contribution in [-0.4, -0.2) is 67.8 Å². The minimum atomic E-state index is -1.46. The summed E-state index contributed by atoms with van der Waals surface area (Å²) in [4.78, 5) is 4.47. The van der Waals surface area contributed by atoms with Crippen LogP contribution in [0.3, 0.4) is 0 Å². The van der Waals surface area contributed by atoms with E-state index in [0.29, 0.717) is 12.0 Å². The number of hydrogen-bond acceptors (Lipinski definition) is 5. The van der Waals surface area contributed by atoms with Crippen LogP contribution in [0.15, 0.2) is 18.2 Å². The third-order valence-electron chi connectivity index (χ3n) is 3.43. The van der Waals surface area contributed by atoms with E-state index in [-0.39, 0.29) is 0 Å². The van der Waals surface area contributed by atoms with Crippen LogP contribution in [0.5, 0.6) is 5.75 Å². The van der Waals surface area contributed by atoms with Crippen molar-refractivity contribution in [1.82, 2.24) is 9.80 Å². The SMILES string of the molecule is CCCN(CCN(C)C)Cc1cc(OC)ccc1B(O)O. The number of nitrogens with zero attached hydrogens (tertiary/aromatic N) is 2. The van der Waals surface area contributed by atoms with Gasteiger partial charge in [-0.1, -0.05) is 13.0 Å². The maximum absolute atomic E-state index is 9.52. The Morgan fingerprint density at radius 3 is 2.38 bits per heavy atom. The van der Waals surface area contributed by atoms with Gasteiger partial charge in [-0.05, 0) is 50.2 Å². The van der Waals surface area contributed by atoms with E-state index in [1.54, 1.807) is 19.2 Å². The maximum Gasteiger partial charge on any atom is 0.488 e. The number of benzene rings is 1. The van der Waals surface area contributed by atoms with Crippen molar-refractivity contribution in [2.45, 2.75) is 19.9 Å². The Bertz CT molecular complexity index is 427. The Hall–Kier alpha value is -1.08. The van der Waals surface area contributed by atoms with Gasteiger partial charge in [0.2, 0.25) is 0 Å². The average molecular weight is 294 g/mol. The zero-order valence-electron chi connectivity index (χ0n) is 13.5. The molecule has 0 heterocycles. The highest BCUT2D eigenvalue weighted by molar-refractivity contribution is 6.59. The predicted molar refractivity (Wildman–Crippen MR) is 86.9 cm³/mol. The van der Waals surface area contributed by atoms with Crippen molar-refractivity contribution < 1.29 is 14.8 Å². The monoisotopic (exact) mass is 294 g/mol. The van der Waals surface area contributed by atoms with E-state index in [1.165, 1.54) is 0 Å². The minimum Gasteiger partial charge on any atom is -0.497 e. The first-order valence-corrected chi connectivity index (χ1v) is 7.38. The molecule has 6 heteroatoms. The van der Waals surface area contributed by atoms with Gasteiger partial charge in [-0.2, -0.15) is 0 Å². The molecule has 0 spiro atoms. The van der Waals surface area contributed by atoms with Gasteiger partial charge < -0.3 is 19.7 Å². The lowest BCUT2D eigenvalue weighted by molar-refractivity contribution is 0.234. The third-order valence-corrected chi connectivity index (χ3v) is 3.43. The Kier molecular flexibility index (Phi) is 7.74. The molecule has 0 aliphatic carbocycles.